The van der Waals surface area contributed by atoms with Gasteiger partial charge in [0.15, 0.2) is 5.82 Å². The first-order valence-corrected chi connectivity index (χ1v) is 10.5. The smallest absolute Gasteiger partial charge is 0.254 e. The molecule has 8 nitrogen and oxygen atoms in total. The molecule has 0 saturated carbocycles. The highest BCUT2D eigenvalue weighted by atomic mass is 19.1. The molecule has 2 aromatic heterocycles. The number of nitrogens with two attached hydrogens (primary N) is 1. The number of nitriles is 1. The normalized spacial score (nSPS) is 15.2. The minimum atomic E-state index is -0.664. The summed E-state index contributed by atoms with van der Waals surface area (Å²) in [5.41, 5.74) is 6.95. The molecule has 0 atom stereocenters. The predicted molar refractivity (Wildman–Crippen MR) is 119 cm³/mol. The van der Waals surface area contributed by atoms with Crippen LogP contribution in [-0.4, -0.2) is 33.8 Å². The maximum absolute atomic E-state index is 13.6. The van der Waals surface area contributed by atoms with Crippen LogP contribution in [0, 0.1) is 30.0 Å². The number of rotatable bonds is 6. The molecule has 33 heavy (non-hydrogen) atoms. The van der Waals surface area contributed by atoms with E-state index in [1.54, 1.807) is 23.9 Å². The van der Waals surface area contributed by atoms with Gasteiger partial charge in [-0.3, -0.25) is 9.48 Å². The number of hydrogen-bond donors (Lipinski definition) is 2. The Morgan fingerprint density at radius 2 is 1.97 bits per heavy atom. The van der Waals surface area contributed by atoms with Gasteiger partial charge >= 0.3 is 0 Å². The number of primary amides is 1. The highest BCUT2D eigenvalue weighted by Gasteiger charge is 2.38. The molecule has 4 rings (SSSR count). The summed E-state index contributed by atoms with van der Waals surface area (Å²) < 4.78 is 28.4. The van der Waals surface area contributed by atoms with Crippen molar-refractivity contribution in [3.63, 3.8) is 0 Å². The summed E-state index contributed by atoms with van der Waals surface area (Å²) in [5, 5.41) is 17.1. The van der Waals surface area contributed by atoms with Gasteiger partial charge in [0.05, 0.1) is 29.9 Å². The lowest BCUT2D eigenvalue weighted by Gasteiger charge is -2.41. The van der Waals surface area contributed by atoms with Crippen LogP contribution in [0.25, 0.3) is 0 Å². The van der Waals surface area contributed by atoms with Crippen molar-refractivity contribution in [2.75, 3.05) is 23.3 Å². The Morgan fingerprint density at radius 3 is 2.58 bits per heavy atom. The molecule has 0 radical (unpaired) electrons. The van der Waals surface area contributed by atoms with E-state index < -0.39 is 17.4 Å². The van der Waals surface area contributed by atoms with Crippen molar-refractivity contribution < 1.29 is 13.6 Å². The van der Waals surface area contributed by atoms with Crippen molar-refractivity contribution in [3.8, 4) is 6.07 Å². The van der Waals surface area contributed by atoms with E-state index in [9.17, 15) is 18.8 Å². The van der Waals surface area contributed by atoms with Crippen LogP contribution in [0.5, 0.6) is 0 Å². The molecule has 3 heterocycles. The molecular formula is C23H23F2N7O. The Bertz CT molecular complexity index is 1210. The number of amides is 1. The average molecular weight is 451 g/mol. The van der Waals surface area contributed by atoms with Gasteiger partial charge in [-0.05, 0) is 50.1 Å². The van der Waals surface area contributed by atoms with Gasteiger partial charge < -0.3 is 16.0 Å². The van der Waals surface area contributed by atoms with Crippen molar-refractivity contribution in [2.24, 2.45) is 5.73 Å². The van der Waals surface area contributed by atoms with Gasteiger partial charge in [0.2, 0.25) is 5.95 Å². The molecule has 1 aromatic carbocycles. The molecule has 170 valence electrons. The minimum absolute atomic E-state index is 0.178. The molecule has 0 aliphatic carbocycles. The van der Waals surface area contributed by atoms with Crippen LogP contribution in [0.3, 0.4) is 0 Å². The summed E-state index contributed by atoms with van der Waals surface area (Å²) in [6.07, 6.45) is 4.41. The standard InChI is InChI=1S/C23H23F2N7O/c1-15-12-18(13-28-20(15)25)31-10-7-23(6-9-26,8-11-31)32-14-19(21(27)33)22(30-32)29-17-4-2-16(24)3-5-17/h2-5,12-14H,6-8,10-11H2,1H3,(H2,27,33)(H,29,30). The van der Waals surface area contributed by atoms with E-state index in [4.69, 9.17) is 5.73 Å². The number of halogens is 2. The second-order valence-electron chi connectivity index (χ2n) is 8.18. The van der Waals surface area contributed by atoms with E-state index in [-0.39, 0.29) is 23.6 Å². The van der Waals surface area contributed by atoms with Gasteiger partial charge in [0.25, 0.3) is 5.91 Å². The molecule has 10 heteroatoms. The van der Waals surface area contributed by atoms with E-state index in [0.29, 0.717) is 37.2 Å². The van der Waals surface area contributed by atoms with E-state index in [0.717, 1.165) is 5.69 Å². The molecule has 0 spiro atoms. The number of carbonyl (C=O) groups is 1. The van der Waals surface area contributed by atoms with Crippen molar-refractivity contribution in [1.29, 1.82) is 5.26 Å². The zero-order valence-corrected chi connectivity index (χ0v) is 18.1. The van der Waals surface area contributed by atoms with Crippen LogP contribution >= 0.6 is 0 Å². The maximum atomic E-state index is 13.6. The highest BCUT2D eigenvalue weighted by molar-refractivity contribution is 5.98. The Labute approximate surface area is 189 Å². The fraction of sp³-hybridized carbons (Fsp3) is 0.304. The van der Waals surface area contributed by atoms with Gasteiger partial charge in [-0.15, -0.1) is 0 Å². The SMILES string of the molecule is Cc1cc(N2CCC(CC#N)(n3cc(C(N)=O)c(Nc4ccc(F)cc4)n3)CC2)cnc1F. The number of pyridine rings is 1. The highest BCUT2D eigenvalue weighted by Crippen LogP contribution is 2.36. The van der Waals surface area contributed by atoms with Crippen molar-refractivity contribution in [1.82, 2.24) is 14.8 Å². The number of nitrogens with zero attached hydrogens (tertiary/aromatic N) is 5. The van der Waals surface area contributed by atoms with Crippen LogP contribution in [0.4, 0.5) is 26.0 Å². The number of carbonyl (C=O) groups excluding carboxylic acids is 1. The third kappa shape index (κ3) is 4.48. The summed E-state index contributed by atoms with van der Waals surface area (Å²) in [4.78, 5) is 18.0. The first kappa shape index (κ1) is 22.2. The largest absolute Gasteiger partial charge is 0.370 e. The Balaban J connectivity index is 1.61. The lowest BCUT2D eigenvalue weighted by molar-refractivity contribution is 0.100. The quantitative estimate of drug-likeness (QED) is 0.554. The molecule has 0 bridgehead atoms. The van der Waals surface area contributed by atoms with Crippen molar-refractivity contribution >= 4 is 23.1 Å². The van der Waals surface area contributed by atoms with Crippen LogP contribution in [0.2, 0.25) is 0 Å². The summed E-state index contributed by atoms with van der Waals surface area (Å²) >= 11 is 0. The third-order valence-electron chi connectivity index (χ3n) is 6.04. The van der Waals surface area contributed by atoms with Crippen molar-refractivity contribution in [3.05, 3.63) is 65.6 Å². The molecule has 3 N–H and O–H groups in total. The molecule has 1 aliphatic rings. The monoisotopic (exact) mass is 451 g/mol. The Kier molecular flexibility index (Phi) is 5.96. The van der Waals surface area contributed by atoms with E-state index >= 15 is 0 Å². The molecule has 1 aliphatic heterocycles. The second kappa shape index (κ2) is 8.86. The minimum Gasteiger partial charge on any atom is -0.370 e. The molecule has 3 aromatic rings. The second-order valence-corrected chi connectivity index (χ2v) is 8.18. The van der Waals surface area contributed by atoms with E-state index in [1.165, 1.54) is 30.5 Å². The fourth-order valence-electron chi connectivity index (χ4n) is 4.09. The lowest BCUT2D eigenvalue weighted by Crippen LogP contribution is -2.46. The van der Waals surface area contributed by atoms with Crippen LogP contribution in [0.15, 0.2) is 42.7 Å². The number of nitrogens with one attached hydrogen (secondary N) is 1. The molecule has 1 saturated heterocycles. The van der Waals surface area contributed by atoms with Gasteiger partial charge in [-0.1, -0.05) is 0 Å². The molecular weight excluding hydrogens is 428 g/mol. The van der Waals surface area contributed by atoms with Gasteiger partial charge in [-0.25, -0.2) is 9.37 Å². The third-order valence-corrected chi connectivity index (χ3v) is 6.04. The van der Waals surface area contributed by atoms with Gasteiger partial charge in [0.1, 0.15) is 11.4 Å². The van der Waals surface area contributed by atoms with E-state index in [1.807, 2.05) is 0 Å². The Morgan fingerprint density at radius 1 is 1.27 bits per heavy atom. The Hall–Kier alpha value is -4.00. The van der Waals surface area contributed by atoms with Crippen LogP contribution in [-0.2, 0) is 5.54 Å². The lowest BCUT2D eigenvalue weighted by atomic mass is 9.84. The number of benzene rings is 1. The number of piperidine rings is 1. The van der Waals surface area contributed by atoms with Crippen molar-refractivity contribution in [2.45, 2.75) is 31.7 Å². The number of aryl methyl sites for hydroxylation is 1. The topological polar surface area (TPSA) is 113 Å². The number of hydrogen-bond acceptors (Lipinski definition) is 6. The van der Waals surface area contributed by atoms with Crippen LogP contribution in [0.1, 0.15) is 35.2 Å². The first-order valence-electron chi connectivity index (χ1n) is 10.5. The summed E-state index contributed by atoms with van der Waals surface area (Å²) in [6.45, 7) is 2.86. The summed E-state index contributed by atoms with van der Waals surface area (Å²) in [5.74, 6) is -1.30. The summed E-state index contributed by atoms with van der Waals surface area (Å²) in [7, 11) is 0. The maximum Gasteiger partial charge on any atom is 0.254 e. The van der Waals surface area contributed by atoms with Gasteiger partial charge in [-0.2, -0.15) is 14.8 Å². The van der Waals surface area contributed by atoms with E-state index in [2.05, 4.69) is 26.4 Å². The molecule has 0 unspecified atom stereocenters. The summed E-state index contributed by atoms with van der Waals surface area (Å²) in [6, 6.07) is 9.64. The zero-order chi connectivity index (χ0) is 23.6. The number of anilines is 3. The predicted octanol–water partition coefficient (Wildman–Crippen LogP) is 3.62. The first-order chi connectivity index (χ1) is 15.8. The fourth-order valence-corrected chi connectivity index (χ4v) is 4.09. The molecule has 1 fully saturated rings. The number of aromatic nitrogens is 3. The zero-order valence-electron chi connectivity index (χ0n) is 18.1. The van der Waals surface area contributed by atoms with Gasteiger partial charge in [0, 0.05) is 30.5 Å². The molecule has 1 amide bonds. The van der Waals surface area contributed by atoms with Crippen LogP contribution < -0.4 is 16.0 Å². The average Bonchev–Trinajstić information content (AvgIpc) is 3.23.